The summed E-state index contributed by atoms with van der Waals surface area (Å²) in [6.45, 7) is 4.45. The van der Waals surface area contributed by atoms with E-state index in [2.05, 4.69) is 10.6 Å². The maximum atomic E-state index is 11.4. The molecule has 1 aromatic carbocycles. The van der Waals surface area contributed by atoms with Crippen LogP contribution in [0.25, 0.3) is 0 Å². The first-order valence-electron chi connectivity index (χ1n) is 5.30. The number of hydrogen-bond acceptors (Lipinski definition) is 4. The van der Waals surface area contributed by atoms with E-state index >= 15 is 0 Å². The Balaban J connectivity index is 2.83. The monoisotopic (exact) mass is 237 g/mol. The predicted octanol–water partition coefficient (Wildman–Crippen LogP) is 1.45. The highest BCUT2D eigenvalue weighted by atomic mass is 16.6. The average Bonchev–Trinajstić information content (AvgIpc) is 2.28. The molecule has 6 heteroatoms. The Labute approximate surface area is 99.2 Å². The van der Waals surface area contributed by atoms with Gasteiger partial charge in [0.25, 0.3) is 5.69 Å². The average molecular weight is 237 g/mol. The number of benzene rings is 1. The fourth-order valence-electron chi connectivity index (χ4n) is 1.33. The van der Waals surface area contributed by atoms with E-state index in [0.717, 1.165) is 5.56 Å². The van der Waals surface area contributed by atoms with E-state index in [1.807, 2.05) is 6.92 Å². The predicted molar refractivity (Wildman–Crippen MR) is 65.0 cm³/mol. The van der Waals surface area contributed by atoms with Crippen LogP contribution in [-0.2, 0) is 4.79 Å². The van der Waals surface area contributed by atoms with Crippen LogP contribution in [0.15, 0.2) is 18.2 Å². The number of amides is 1. The van der Waals surface area contributed by atoms with Gasteiger partial charge in [0.15, 0.2) is 0 Å². The van der Waals surface area contributed by atoms with Crippen molar-refractivity contribution in [3.05, 3.63) is 33.9 Å². The highest BCUT2D eigenvalue weighted by Crippen LogP contribution is 2.24. The largest absolute Gasteiger partial charge is 0.319 e. The van der Waals surface area contributed by atoms with Crippen molar-refractivity contribution in [1.29, 1.82) is 0 Å². The van der Waals surface area contributed by atoms with Crippen molar-refractivity contribution >= 4 is 17.3 Å². The number of nitrogens with zero attached hydrogens (tertiary/aromatic N) is 1. The second-order valence-corrected chi connectivity index (χ2v) is 3.61. The van der Waals surface area contributed by atoms with Crippen molar-refractivity contribution in [3.8, 4) is 0 Å². The zero-order valence-corrected chi connectivity index (χ0v) is 9.82. The van der Waals surface area contributed by atoms with Crippen molar-refractivity contribution < 1.29 is 9.72 Å². The number of nitrogens with one attached hydrogen (secondary N) is 2. The number of carbonyl (C=O) groups excluding carboxylic acids is 1. The Morgan fingerprint density at radius 1 is 1.47 bits per heavy atom. The molecule has 1 aromatic rings. The van der Waals surface area contributed by atoms with Crippen LogP contribution < -0.4 is 10.6 Å². The number of anilines is 1. The molecule has 0 saturated carbocycles. The Morgan fingerprint density at radius 3 is 2.76 bits per heavy atom. The maximum Gasteiger partial charge on any atom is 0.293 e. The molecule has 17 heavy (non-hydrogen) atoms. The first-order valence-corrected chi connectivity index (χ1v) is 5.30. The number of carbonyl (C=O) groups is 1. The van der Waals surface area contributed by atoms with E-state index in [-0.39, 0.29) is 23.8 Å². The lowest BCUT2D eigenvalue weighted by atomic mass is 10.2. The molecular weight excluding hydrogens is 222 g/mol. The third-order valence-corrected chi connectivity index (χ3v) is 2.16. The van der Waals surface area contributed by atoms with Crippen molar-refractivity contribution in [3.63, 3.8) is 0 Å². The van der Waals surface area contributed by atoms with Gasteiger partial charge >= 0.3 is 0 Å². The van der Waals surface area contributed by atoms with Crippen molar-refractivity contribution in [2.45, 2.75) is 13.8 Å². The van der Waals surface area contributed by atoms with Gasteiger partial charge in [-0.1, -0.05) is 13.0 Å². The molecule has 92 valence electrons. The molecule has 0 radical (unpaired) electrons. The lowest BCUT2D eigenvalue weighted by Gasteiger charge is -2.06. The van der Waals surface area contributed by atoms with Crippen LogP contribution in [0, 0.1) is 17.0 Å². The molecule has 0 heterocycles. The van der Waals surface area contributed by atoms with Gasteiger partial charge in [0, 0.05) is 6.07 Å². The molecule has 6 nitrogen and oxygen atoms in total. The summed E-state index contributed by atoms with van der Waals surface area (Å²) in [7, 11) is 0. The van der Waals surface area contributed by atoms with Gasteiger partial charge in [0.05, 0.1) is 11.5 Å². The third-order valence-electron chi connectivity index (χ3n) is 2.16. The molecule has 1 rings (SSSR count). The Kier molecular flexibility index (Phi) is 4.59. The fraction of sp³-hybridized carbons (Fsp3) is 0.364. The summed E-state index contributed by atoms with van der Waals surface area (Å²) in [4.78, 5) is 21.7. The molecule has 0 aliphatic heterocycles. The van der Waals surface area contributed by atoms with Crippen LogP contribution in [0.5, 0.6) is 0 Å². The number of rotatable bonds is 5. The molecule has 1 amide bonds. The minimum atomic E-state index is -0.504. The van der Waals surface area contributed by atoms with Crippen LogP contribution in [0.1, 0.15) is 12.5 Å². The molecule has 2 N–H and O–H groups in total. The molecule has 0 fully saturated rings. The van der Waals surface area contributed by atoms with Crippen LogP contribution in [0.3, 0.4) is 0 Å². The minimum absolute atomic E-state index is 0.0881. The van der Waals surface area contributed by atoms with Crippen molar-refractivity contribution in [1.82, 2.24) is 5.32 Å². The van der Waals surface area contributed by atoms with Gasteiger partial charge in [0.2, 0.25) is 5.91 Å². The molecule has 0 spiro atoms. The SMILES string of the molecule is CCNCC(=O)Nc1ccc(C)cc1[N+](=O)[O-]. The summed E-state index contributed by atoms with van der Waals surface area (Å²) in [5.74, 6) is -0.293. The third kappa shape index (κ3) is 3.84. The molecule has 0 unspecified atom stereocenters. The second kappa shape index (κ2) is 5.95. The summed E-state index contributed by atoms with van der Waals surface area (Å²) in [6, 6.07) is 4.69. The summed E-state index contributed by atoms with van der Waals surface area (Å²) < 4.78 is 0. The molecule has 0 aliphatic carbocycles. The lowest BCUT2D eigenvalue weighted by Crippen LogP contribution is -2.28. The van der Waals surface area contributed by atoms with Crippen LogP contribution in [0.2, 0.25) is 0 Å². The van der Waals surface area contributed by atoms with Gasteiger partial charge in [-0.3, -0.25) is 14.9 Å². The normalized spacial score (nSPS) is 10.0. The Bertz CT molecular complexity index is 432. The Hall–Kier alpha value is -1.95. The van der Waals surface area contributed by atoms with E-state index in [9.17, 15) is 14.9 Å². The fourth-order valence-corrected chi connectivity index (χ4v) is 1.33. The zero-order chi connectivity index (χ0) is 12.8. The van der Waals surface area contributed by atoms with Crippen LogP contribution in [0.4, 0.5) is 11.4 Å². The van der Waals surface area contributed by atoms with Gasteiger partial charge in [-0.15, -0.1) is 0 Å². The van der Waals surface area contributed by atoms with E-state index in [1.54, 1.807) is 13.0 Å². The lowest BCUT2D eigenvalue weighted by molar-refractivity contribution is -0.384. The number of aryl methyl sites for hydroxylation is 1. The minimum Gasteiger partial charge on any atom is -0.319 e. The first-order chi connectivity index (χ1) is 8.04. The molecule has 0 bridgehead atoms. The van der Waals surface area contributed by atoms with Crippen LogP contribution >= 0.6 is 0 Å². The summed E-state index contributed by atoms with van der Waals surface area (Å²) in [6.07, 6.45) is 0. The number of likely N-dealkylation sites (N-methyl/N-ethyl adjacent to an activating group) is 1. The highest BCUT2D eigenvalue weighted by molar-refractivity contribution is 5.94. The standard InChI is InChI=1S/C11H15N3O3/c1-3-12-7-11(15)13-9-5-4-8(2)6-10(9)14(16)17/h4-6,12H,3,7H2,1-2H3,(H,13,15). The van der Waals surface area contributed by atoms with Crippen LogP contribution in [-0.4, -0.2) is 23.9 Å². The van der Waals surface area contributed by atoms with Gasteiger partial charge in [-0.25, -0.2) is 0 Å². The maximum absolute atomic E-state index is 11.4. The summed E-state index contributed by atoms with van der Waals surface area (Å²) in [5.41, 5.74) is 0.916. The second-order valence-electron chi connectivity index (χ2n) is 3.61. The van der Waals surface area contributed by atoms with Gasteiger partial charge in [-0.05, 0) is 25.1 Å². The highest BCUT2D eigenvalue weighted by Gasteiger charge is 2.15. The van der Waals surface area contributed by atoms with E-state index < -0.39 is 4.92 Å². The summed E-state index contributed by atoms with van der Waals surface area (Å²) >= 11 is 0. The Morgan fingerprint density at radius 2 is 2.18 bits per heavy atom. The van der Waals surface area contributed by atoms with E-state index in [4.69, 9.17) is 0 Å². The van der Waals surface area contributed by atoms with E-state index in [0.29, 0.717) is 6.54 Å². The van der Waals surface area contributed by atoms with Gasteiger partial charge in [0.1, 0.15) is 5.69 Å². The molecule has 0 saturated heterocycles. The van der Waals surface area contributed by atoms with E-state index in [1.165, 1.54) is 12.1 Å². The molecular formula is C11H15N3O3. The quantitative estimate of drug-likeness (QED) is 0.599. The number of nitro benzene ring substituents is 1. The first kappa shape index (κ1) is 13.1. The number of nitro groups is 1. The topological polar surface area (TPSA) is 84.3 Å². The van der Waals surface area contributed by atoms with Crippen molar-refractivity contribution in [2.75, 3.05) is 18.4 Å². The van der Waals surface area contributed by atoms with Gasteiger partial charge in [-0.2, -0.15) is 0 Å². The van der Waals surface area contributed by atoms with Crippen molar-refractivity contribution in [2.24, 2.45) is 0 Å². The zero-order valence-electron chi connectivity index (χ0n) is 9.82. The molecule has 0 aromatic heterocycles. The molecule has 0 atom stereocenters. The smallest absolute Gasteiger partial charge is 0.293 e. The number of hydrogen-bond donors (Lipinski definition) is 2. The molecule has 0 aliphatic rings. The summed E-state index contributed by atoms with van der Waals surface area (Å²) in [5, 5.41) is 16.2. The van der Waals surface area contributed by atoms with Gasteiger partial charge < -0.3 is 10.6 Å².